The molecule has 0 radical (unpaired) electrons. The topological polar surface area (TPSA) is 29.5 Å². The standard InChI is InChI=1S/C16H24O2/c17-14-16(9-5-2-6-10-16)11-12-18-13-15-7-3-1-4-8-15/h1,3-4,7-8,17H,2,5-6,9-14H2. The highest BCUT2D eigenvalue weighted by atomic mass is 16.5. The van der Waals surface area contributed by atoms with Gasteiger partial charge in [-0.3, -0.25) is 0 Å². The molecule has 2 heteroatoms. The highest BCUT2D eigenvalue weighted by molar-refractivity contribution is 5.13. The number of benzene rings is 1. The van der Waals surface area contributed by atoms with Crippen molar-refractivity contribution in [2.75, 3.05) is 13.2 Å². The molecule has 0 atom stereocenters. The maximum atomic E-state index is 9.60. The molecule has 0 heterocycles. The third-order valence-corrected chi connectivity index (χ3v) is 4.14. The fourth-order valence-electron chi connectivity index (χ4n) is 2.84. The van der Waals surface area contributed by atoms with Gasteiger partial charge in [0, 0.05) is 13.2 Å². The van der Waals surface area contributed by atoms with Crippen LogP contribution in [0.2, 0.25) is 0 Å². The molecule has 18 heavy (non-hydrogen) atoms. The van der Waals surface area contributed by atoms with E-state index in [0.717, 1.165) is 25.9 Å². The molecular weight excluding hydrogens is 224 g/mol. The van der Waals surface area contributed by atoms with Crippen LogP contribution in [0.1, 0.15) is 44.1 Å². The van der Waals surface area contributed by atoms with E-state index in [1.165, 1.54) is 24.8 Å². The van der Waals surface area contributed by atoms with Crippen LogP contribution in [-0.2, 0) is 11.3 Å². The fraction of sp³-hybridized carbons (Fsp3) is 0.625. The average molecular weight is 248 g/mol. The zero-order chi connectivity index (χ0) is 12.7. The van der Waals surface area contributed by atoms with Crippen molar-refractivity contribution in [2.24, 2.45) is 5.41 Å². The number of rotatable bonds is 6. The molecule has 0 unspecified atom stereocenters. The molecule has 1 N–H and O–H groups in total. The van der Waals surface area contributed by atoms with E-state index in [2.05, 4.69) is 12.1 Å². The lowest BCUT2D eigenvalue weighted by Gasteiger charge is -2.35. The summed E-state index contributed by atoms with van der Waals surface area (Å²) in [4.78, 5) is 0. The quantitative estimate of drug-likeness (QED) is 0.780. The summed E-state index contributed by atoms with van der Waals surface area (Å²) in [7, 11) is 0. The van der Waals surface area contributed by atoms with E-state index >= 15 is 0 Å². The van der Waals surface area contributed by atoms with Gasteiger partial charge in [0.1, 0.15) is 0 Å². The maximum absolute atomic E-state index is 9.60. The summed E-state index contributed by atoms with van der Waals surface area (Å²) in [6, 6.07) is 10.3. The Morgan fingerprint density at radius 1 is 1.06 bits per heavy atom. The van der Waals surface area contributed by atoms with Crippen LogP contribution >= 0.6 is 0 Å². The summed E-state index contributed by atoms with van der Waals surface area (Å²) in [5, 5.41) is 9.60. The predicted octanol–water partition coefficient (Wildman–Crippen LogP) is 3.54. The minimum atomic E-state index is 0.148. The minimum absolute atomic E-state index is 0.148. The highest BCUT2D eigenvalue weighted by Gasteiger charge is 2.30. The van der Waals surface area contributed by atoms with Crippen LogP contribution in [0, 0.1) is 5.41 Å². The fourth-order valence-corrected chi connectivity index (χ4v) is 2.84. The molecule has 1 fully saturated rings. The SMILES string of the molecule is OCC1(CCOCc2ccccc2)CCCCC1. The molecule has 1 aromatic rings. The lowest BCUT2D eigenvalue weighted by molar-refractivity contribution is 0.0271. The second-order valence-electron chi connectivity index (χ2n) is 5.51. The van der Waals surface area contributed by atoms with E-state index in [1.807, 2.05) is 18.2 Å². The molecule has 0 amide bonds. The van der Waals surface area contributed by atoms with Gasteiger partial charge in [-0.25, -0.2) is 0 Å². The Morgan fingerprint density at radius 3 is 2.44 bits per heavy atom. The summed E-state index contributed by atoms with van der Waals surface area (Å²) >= 11 is 0. The van der Waals surface area contributed by atoms with Gasteiger partial charge in [0.05, 0.1) is 6.61 Å². The van der Waals surface area contributed by atoms with E-state index in [1.54, 1.807) is 0 Å². The van der Waals surface area contributed by atoms with Gasteiger partial charge in [-0.05, 0) is 30.2 Å². The molecule has 0 saturated heterocycles. The minimum Gasteiger partial charge on any atom is -0.396 e. The Labute approximate surface area is 110 Å². The van der Waals surface area contributed by atoms with Gasteiger partial charge in [-0.2, -0.15) is 0 Å². The summed E-state index contributed by atoms with van der Waals surface area (Å²) in [6.45, 7) is 1.76. The van der Waals surface area contributed by atoms with E-state index < -0.39 is 0 Å². The smallest absolute Gasteiger partial charge is 0.0716 e. The van der Waals surface area contributed by atoms with Crippen molar-refractivity contribution in [1.29, 1.82) is 0 Å². The Hall–Kier alpha value is -0.860. The van der Waals surface area contributed by atoms with E-state index in [-0.39, 0.29) is 5.41 Å². The van der Waals surface area contributed by atoms with Crippen LogP contribution in [-0.4, -0.2) is 18.3 Å². The van der Waals surface area contributed by atoms with Crippen molar-refractivity contribution in [3.8, 4) is 0 Å². The second kappa shape index (κ2) is 6.91. The van der Waals surface area contributed by atoms with Crippen molar-refractivity contribution < 1.29 is 9.84 Å². The van der Waals surface area contributed by atoms with Gasteiger partial charge >= 0.3 is 0 Å². The van der Waals surface area contributed by atoms with Gasteiger partial charge in [0.2, 0.25) is 0 Å². The molecule has 1 saturated carbocycles. The van der Waals surface area contributed by atoms with Crippen LogP contribution in [0.3, 0.4) is 0 Å². The van der Waals surface area contributed by atoms with Crippen molar-refractivity contribution in [1.82, 2.24) is 0 Å². The molecule has 1 aromatic carbocycles. The Balaban J connectivity index is 1.71. The lowest BCUT2D eigenvalue weighted by atomic mass is 9.72. The van der Waals surface area contributed by atoms with Crippen LogP contribution < -0.4 is 0 Å². The molecule has 2 rings (SSSR count). The molecule has 2 nitrogen and oxygen atoms in total. The number of aliphatic hydroxyl groups excluding tert-OH is 1. The van der Waals surface area contributed by atoms with Gasteiger partial charge in [-0.15, -0.1) is 0 Å². The van der Waals surface area contributed by atoms with Gasteiger partial charge < -0.3 is 9.84 Å². The molecule has 0 aliphatic heterocycles. The number of aliphatic hydroxyl groups is 1. The molecular formula is C16H24O2. The maximum Gasteiger partial charge on any atom is 0.0716 e. The van der Waals surface area contributed by atoms with Crippen LogP contribution in [0.4, 0.5) is 0 Å². The van der Waals surface area contributed by atoms with Gasteiger partial charge in [0.25, 0.3) is 0 Å². The monoisotopic (exact) mass is 248 g/mol. The zero-order valence-electron chi connectivity index (χ0n) is 11.1. The molecule has 0 spiro atoms. The molecule has 0 aromatic heterocycles. The van der Waals surface area contributed by atoms with Crippen molar-refractivity contribution in [3.63, 3.8) is 0 Å². The first-order valence-corrected chi connectivity index (χ1v) is 7.07. The summed E-state index contributed by atoms with van der Waals surface area (Å²) in [5.41, 5.74) is 1.37. The van der Waals surface area contributed by atoms with Crippen molar-refractivity contribution in [2.45, 2.75) is 45.1 Å². The first-order valence-electron chi connectivity index (χ1n) is 7.07. The summed E-state index contributed by atoms with van der Waals surface area (Å²) in [6.07, 6.45) is 7.18. The van der Waals surface area contributed by atoms with Crippen LogP contribution in [0.5, 0.6) is 0 Å². The molecule has 0 bridgehead atoms. The molecule has 1 aliphatic rings. The number of ether oxygens (including phenoxy) is 1. The van der Waals surface area contributed by atoms with Crippen LogP contribution in [0.25, 0.3) is 0 Å². The first-order chi connectivity index (χ1) is 8.85. The first kappa shape index (κ1) is 13.6. The van der Waals surface area contributed by atoms with Crippen molar-refractivity contribution >= 4 is 0 Å². The Kier molecular flexibility index (Phi) is 5.21. The normalized spacial score (nSPS) is 18.7. The molecule has 100 valence electrons. The highest BCUT2D eigenvalue weighted by Crippen LogP contribution is 2.38. The molecule has 1 aliphatic carbocycles. The average Bonchev–Trinajstić information content (AvgIpc) is 2.46. The van der Waals surface area contributed by atoms with E-state index in [4.69, 9.17) is 4.74 Å². The third-order valence-electron chi connectivity index (χ3n) is 4.14. The summed E-state index contributed by atoms with van der Waals surface area (Å²) in [5.74, 6) is 0. The van der Waals surface area contributed by atoms with Gasteiger partial charge in [0.15, 0.2) is 0 Å². The number of hydrogen-bond acceptors (Lipinski definition) is 2. The lowest BCUT2D eigenvalue weighted by Crippen LogP contribution is -2.29. The van der Waals surface area contributed by atoms with Crippen LogP contribution in [0.15, 0.2) is 30.3 Å². The zero-order valence-corrected chi connectivity index (χ0v) is 11.1. The van der Waals surface area contributed by atoms with E-state index in [0.29, 0.717) is 13.2 Å². The summed E-state index contributed by atoms with van der Waals surface area (Å²) < 4.78 is 5.74. The largest absolute Gasteiger partial charge is 0.396 e. The number of hydrogen-bond donors (Lipinski definition) is 1. The second-order valence-corrected chi connectivity index (χ2v) is 5.51. The van der Waals surface area contributed by atoms with Gasteiger partial charge in [-0.1, -0.05) is 49.6 Å². The van der Waals surface area contributed by atoms with Crippen molar-refractivity contribution in [3.05, 3.63) is 35.9 Å². The third kappa shape index (κ3) is 3.82. The Bertz CT molecular complexity index is 328. The van der Waals surface area contributed by atoms with E-state index in [9.17, 15) is 5.11 Å². The predicted molar refractivity (Wildman–Crippen MR) is 73.3 cm³/mol. The Morgan fingerprint density at radius 2 is 1.78 bits per heavy atom.